The minimum absolute atomic E-state index is 0.254. The van der Waals surface area contributed by atoms with Crippen LogP contribution in [0, 0.1) is 0 Å². The molecule has 18 heavy (non-hydrogen) atoms. The quantitative estimate of drug-likeness (QED) is 0.779. The number of esters is 1. The zero-order valence-electron chi connectivity index (χ0n) is 9.40. The molecule has 0 atom stereocenters. The van der Waals surface area contributed by atoms with Crippen LogP contribution in [0.1, 0.15) is 15.9 Å². The van der Waals surface area contributed by atoms with Gasteiger partial charge in [-0.2, -0.15) is 0 Å². The van der Waals surface area contributed by atoms with Crippen molar-refractivity contribution in [2.75, 3.05) is 0 Å². The highest BCUT2D eigenvalue weighted by molar-refractivity contribution is 9.10. The van der Waals surface area contributed by atoms with Gasteiger partial charge in [-0.25, -0.2) is 4.79 Å². The zero-order valence-corrected chi connectivity index (χ0v) is 11.7. The number of halogens is 2. The monoisotopic (exact) mass is 324 g/mol. The summed E-state index contributed by atoms with van der Waals surface area (Å²) in [4.78, 5) is 11.8. The first-order valence-corrected chi connectivity index (χ1v) is 6.49. The number of carbonyl (C=O) groups is 1. The lowest BCUT2D eigenvalue weighted by molar-refractivity contribution is 0.0472. The van der Waals surface area contributed by atoms with Crippen molar-refractivity contribution in [3.63, 3.8) is 0 Å². The Labute approximate surface area is 119 Å². The lowest BCUT2D eigenvalue weighted by atomic mass is 10.2. The average Bonchev–Trinajstić information content (AvgIpc) is 2.36. The van der Waals surface area contributed by atoms with E-state index in [1.54, 1.807) is 18.2 Å². The molecule has 0 aliphatic heterocycles. The van der Waals surface area contributed by atoms with E-state index in [0.29, 0.717) is 10.6 Å². The van der Waals surface area contributed by atoms with Gasteiger partial charge in [0.15, 0.2) is 0 Å². The lowest BCUT2D eigenvalue weighted by Crippen LogP contribution is -2.05. The minimum Gasteiger partial charge on any atom is -0.457 e. The maximum atomic E-state index is 11.8. The van der Waals surface area contributed by atoms with Crippen LogP contribution in [0.4, 0.5) is 0 Å². The average molecular weight is 326 g/mol. The van der Waals surface area contributed by atoms with Crippen LogP contribution in [0.15, 0.2) is 53.0 Å². The number of benzene rings is 2. The molecule has 0 heterocycles. The Hall–Kier alpha value is -1.32. The fourth-order valence-electron chi connectivity index (χ4n) is 1.48. The van der Waals surface area contributed by atoms with Crippen LogP contribution < -0.4 is 0 Å². The molecule has 4 heteroatoms. The third-order valence-corrected chi connectivity index (χ3v) is 2.99. The van der Waals surface area contributed by atoms with Crippen molar-refractivity contribution >= 4 is 33.5 Å². The first-order chi connectivity index (χ1) is 8.65. The Morgan fingerprint density at radius 2 is 1.89 bits per heavy atom. The summed E-state index contributed by atoms with van der Waals surface area (Å²) < 4.78 is 5.96. The van der Waals surface area contributed by atoms with Crippen molar-refractivity contribution in [2.24, 2.45) is 0 Å². The van der Waals surface area contributed by atoms with Gasteiger partial charge < -0.3 is 4.74 Å². The molecule has 2 aromatic carbocycles. The van der Waals surface area contributed by atoms with Gasteiger partial charge in [0.05, 0.1) is 5.56 Å². The second kappa shape index (κ2) is 6.03. The normalized spacial score (nSPS) is 10.1. The van der Waals surface area contributed by atoms with Crippen molar-refractivity contribution in [1.29, 1.82) is 0 Å². The Kier molecular flexibility index (Phi) is 4.39. The van der Waals surface area contributed by atoms with Gasteiger partial charge in [-0.1, -0.05) is 57.9 Å². The Morgan fingerprint density at radius 1 is 1.17 bits per heavy atom. The van der Waals surface area contributed by atoms with E-state index in [0.717, 1.165) is 10.0 Å². The van der Waals surface area contributed by atoms with Gasteiger partial charge in [-0.3, -0.25) is 0 Å². The smallest absolute Gasteiger partial charge is 0.338 e. The van der Waals surface area contributed by atoms with Crippen molar-refractivity contribution in [3.05, 3.63) is 69.2 Å². The maximum Gasteiger partial charge on any atom is 0.338 e. The van der Waals surface area contributed by atoms with E-state index in [2.05, 4.69) is 15.9 Å². The largest absolute Gasteiger partial charge is 0.457 e. The summed E-state index contributed by atoms with van der Waals surface area (Å²) in [5, 5.41) is 0.496. The number of ether oxygens (including phenoxy) is 1. The number of carbonyl (C=O) groups excluding carboxylic acids is 1. The van der Waals surface area contributed by atoms with Crippen LogP contribution in [0.5, 0.6) is 0 Å². The molecule has 0 fully saturated rings. The summed E-state index contributed by atoms with van der Waals surface area (Å²) in [7, 11) is 0. The van der Waals surface area contributed by atoms with Gasteiger partial charge in [0.25, 0.3) is 0 Å². The standard InChI is InChI=1S/C14H10BrClO2/c15-12-6-11(7-13(16)8-12)14(17)18-9-10-4-2-1-3-5-10/h1-8H,9H2. The molecule has 0 saturated heterocycles. The van der Waals surface area contributed by atoms with E-state index in [-0.39, 0.29) is 12.6 Å². The number of hydrogen-bond donors (Lipinski definition) is 0. The third-order valence-electron chi connectivity index (χ3n) is 2.31. The van der Waals surface area contributed by atoms with E-state index in [1.807, 2.05) is 30.3 Å². The highest BCUT2D eigenvalue weighted by atomic mass is 79.9. The van der Waals surface area contributed by atoms with Gasteiger partial charge in [-0.05, 0) is 23.8 Å². The first-order valence-electron chi connectivity index (χ1n) is 5.32. The van der Waals surface area contributed by atoms with Crippen molar-refractivity contribution in [1.82, 2.24) is 0 Å². The number of hydrogen-bond acceptors (Lipinski definition) is 2. The SMILES string of the molecule is O=C(OCc1ccccc1)c1cc(Cl)cc(Br)c1. The molecule has 0 saturated carbocycles. The molecule has 0 aromatic heterocycles. The summed E-state index contributed by atoms with van der Waals surface area (Å²) in [6.45, 7) is 0.254. The van der Waals surface area contributed by atoms with Crippen LogP contribution in [0.25, 0.3) is 0 Å². The fourth-order valence-corrected chi connectivity index (χ4v) is 2.34. The van der Waals surface area contributed by atoms with Crippen LogP contribution in [0.2, 0.25) is 5.02 Å². The van der Waals surface area contributed by atoms with Crippen molar-refractivity contribution in [3.8, 4) is 0 Å². The Morgan fingerprint density at radius 3 is 2.56 bits per heavy atom. The maximum absolute atomic E-state index is 11.8. The van der Waals surface area contributed by atoms with E-state index < -0.39 is 0 Å². The molecule has 2 rings (SSSR count). The van der Waals surface area contributed by atoms with E-state index in [4.69, 9.17) is 16.3 Å². The van der Waals surface area contributed by atoms with Gasteiger partial charge in [0, 0.05) is 9.50 Å². The first kappa shape index (κ1) is 13.1. The molecule has 0 radical (unpaired) electrons. The second-order valence-electron chi connectivity index (χ2n) is 3.72. The molecule has 0 N–H and O–H groups in total. The molecule has 0 spiro atoms. The molecule has 92 valence electrons. The summed E-state index contributed by atoms with van der Waals surface area (Å²) >= 11 is 9.16. The minimum atomic E-state index is -0.387. The molecule has 0 bridgehead atoms. The predicted octanol–water partition coefficient (Wildman–Crippen LogP) is 4.46. The van der Waals surface area contributed by atoms with Crippen LogP contribution in [0.3, 0.4) is 0 Å². The topological polar surface area (TPSA) is 26.3 Å². The van der Waals surface area contributed by atoms with Crippen LogP contribution >= 0.6 is 27.5 Å². The highest BCUT2D eigenvalue weighted by Crippen LogP contribution is 2.20. The number of rotatable bonds is 3. The van der Waals surface area contributed by atoms with Gasteiger partial charge in [0.2, 0.25) is 0 Å². The zero-order chi connectivity index (χ0) is 13.0. The van der Waals surface area contributed by atoms with Crippen molar-refractivity contribution < 1.29 is 9.53 Å². The van der Waals surface area contributed by atoms with Gasteiger partial charge >= 0.3 is 5.97 Å². The van der Waals surface area contributed by atoms with E-state index >= 15 is 0 Å². The van der Waals surface area contributed by atoms with Crippen molar-refractivity contribution in [2.45, 2.75) is 6.61 Å². The van der Waals surface area contributed by atoms with E-state index in [9.17, 15) is 4.79 Å². The van der Waals surface area contributed by atoms with Crippen LogP contribution in [-0.2, 0) is 11.3 Å². The molecule has 0 aliphatic carbocycles. The highest BCUT2D eigenvalue weighted by Gasteiger charge is 2.09. The molecular weight excluding hydrogens is 316 g/mol. The summed E-state index contributed by atoms with van der Waals surface area (Å²) in [6, 6.07) is 14.5. The molecule has 2 nitrogen and oxygen atoms in total. The molecule has 2 aromatic rings. The third kappa shape index (κ3) is 3.59. The Balaban J connectivity index is 2.04. The van der Waals surface area contributed by atoms with E-state index in [1.165, 1.54) is 0 Å². The molecule has 0 aliphatic rings. The van der Waals surface area contributed by atoms with Crippen LogP contribution in [-0.4, -0.2) is 5.97 Å². The lowest BCUT2D eigenvalue weighted by Gasteiger charge is -2.05. The second-order valence-corrected chi connectivity index (χ2v) is 5.07. The molecular formula is C14H10BrClO2. The predicted molar refractivity (Wildman–Crippen MR) is 74.7 cm³/mol. The summed E-state index contributed by atoms with van der Waals surface area (Å²) in [6.07, 6.45) is 0. The fraction of sp³-hybridized carbons (Fsp3) is 0.0714. The summed E-state index contributed by atoms with van der Waals surface area (Å²) in [5.74, 6) is -0.387. The Bertz CT molecular complexity index is 535. The van der Waals surface area contributed by atoms with Gasteiger partial charge in [0.1, 0.15) is 6.61 Å². The molecule has 0 amide bonds. The summed E-state index contributed by atoms with van der Waals surface area (Å²) in [5.41, 5.74) is 1.39. The van der Waals surface area contributed by atoms with Gasteiger partial charge in [-0.15, -0.1) is 0 Å². The molecule has 0 unspecified atom stereocenters.